The second-order valence-corrected chi connectivity index (χ2v) is 6.02. The van der Waals surface area contributed by atoms with Crippen molar-refractivity contribution in [2.45, 2.75) is 20.3 Å². The summed E-state index contributed by atoms with van der Waals surface area (Å²) >= 11 is 3.15. The number of carbonyl (C=O) groups is 1. The van der Waals surface area contributed by atoms with Gasteiger partial charge in [-0.3, -0.25) is 0 Å². The summed E-state index contributed by atoms with van der Waals surface area (Å²) in [5.41, 5.74) is 0.193. The van der Waals surface area contributed by atoms with Gasteiger partial charge in [0.1, 0.15) is 5.82 Å². The molecule has 4 nitrogen and oxygen atoms in total. The number of halogens is 2. The number of carbonyl (C=O) groups excluding carboxylic acids is 1. The summed E-state index contributed by atoms with van der Waals surface area (Å²) in [7, 11) is 0. The van der Waals surface area contributed by atoms with Crippen LogP contribution in [-0.2, 0) is 0 Å². The van der Waals surface area contributed by atoms with Crippen LogP contribution in [0.25, 0.3) is 0 Å². The lowest BCUT2D eigenvalue weighted by Crippen LogP contribution is -2.37. The molecule has 0 atom stereocenters. The smallest absolute Gasteiger partial charge is 0.319 e. The quantitative estimate of drug-likeness (QED) is 0.775. The maximum Gasteiger partial charge on any atom is 0.319 e. The highest BCUT2D eigenvalue weighted by atomic mass is 79.9. The number of aliphatic hydroxyl groups is 1. The van der Waals surface area contributed by atoms with E-state index in [1.54, 1.807) is 6.07 Å². The van der Waals surface area contributed by atoms with Crippen molar-refractivity contribution in [3.05, 3.63) is 28.5 Å². The first-order chi connectivity index (χ1) is 8.82. The van der Waals surface area contributed by atoms with Crippen molar-refractivity contribution in [1.82, 2.24) is 5.32 Å². The average molecular weight is 333 g/mol. The van der Waals surface area contributed by atoms with Crippen LogP contribution in [0.2, 0.25) is 0 Å². The second-order valence-electron chi connectivity index (χ2n) is 5.10. The van der Waals surface area contributed by atoms with E-state index < -0.39 is 11.8 Å². The van der Waals surface area contributed by atoms with Gasteiger partial charge in [0.15, 0.2) is 0 Å². The van der Waals surface area contributed by atoms with Gasteiger partial charge in [-0.05, 0) is 30.0 Å². The van der Waals surface area contributed by atoms with Crippen LogP contribution in [0.3, 0.4) is 0 Å². The number of aliphatic hydroxyl groups excluding tert-OH is 1. The maximum absolute atomic E-state index is 13.1. The third-order valence-corrected chi connectivity index (χ3v) is 3.09. The van der Waals surface area contributed by atoms with Gasteiger partial charge in [0.05, 0.1) is 0 Å². The molecule has 0 radical (unpaired) electrons. The maximum atomic E-state index is 13.1. The molecule has 0 fully saturated rings. The number of urea groups is 1. The first-order valence-electron chi connectivity index (χ1n) is 5.94. The van der Waals surface area contributed by atoms with Gasteiger partial charge in [0.2, 0.25) is 0 Å². The van der Waals surface area contributed by atoms with Gasteiger partial charge >= 0.3 is 6.03 Å². The molecule has 0 saturated heterocycles. The van der Waals surface area contributed by atoms with E-state index in [2.05, 4.69) is 26.6 Å². The van der Waals surface area contributed by atoms with Crippen molar-refractivity contribution in [2.75, 3.05) is 18.5 Å². The van der Waals surface area contributed by atoms with Gasteiger partial charge in [0.25, 0.3) is 0 Å². The Morgan fingerprint density at radius 3 is 2.68 bits per heavy atom. The van der Waals surface area contributed by atoms with Gasteiger partial charge in [-0.15, -0.1) is 0 Å². The Labute approximate surface area is 120 Å². The first kappa shape index (κ1) is 15.9. The fourth-order valence-corrected chi connectivity index (χ4v) is 1.98. The SMILES string of the molecule is CC(C)(CCO)CNC(=O)Nc1cc(F)cc(Br)c1. The molecule has 0 aliphatic rings. The van der Waals surface area contributed by atoms with Crippen molar-refractivity contribution in [3.63, 3.8) is 0 Å². The van der Waals surface area contributed by atoms with E-state index in [-0.39, 0.29) is 12.0 Å². The predicted molar refractivity (Wildman–Crippen MR) is 76.6 cm³/mol. The molecule has 0 heterocycles. The Bertz CT molecular complexity index is 432. The molecule has 106 valence electrons. The highest BCUT2D eigenvalue weighted by molar-refractivity contribution is 9.10. The summed E-state index contributed by atoms with van der Waals surface area (Å²) in [6.45, 7) is 4.40. The third kappa shape index (κ3) is 6.02. The lowest BCUT2D eigenvalue weighted by molar-refractivity contribution is 0.204. The van der Waals surface area contributed by atoms with E-state index in [9.17, 15) is 9.18 Å². The predicted octanol–water partition coefficient (Wildman–Crippen LogP) is 3.12. The number of nitrogens with one attached hydrogen (secondary N) is 2. The zero-order valence-corrected chi connectivity index (χ0v) is 12.6. The Hall–Kier alpha value is -1.14. The molecule has 0 aliphatic heterocycles. The summed E-state index contributed by atoms with van der Waals surface area (Å²) < 4.78 is 13.7. The summed E-state index contributed by atoms with van der Waals surface area (Å²) in [4.78, 5) is 11.7. The molecule has 19 heavy (non-hydrogen) atoms. The van der Waals surface area contributed by atoms with Crippen molar-refractivity contribution < 1.29 is 14.3 Å². The zero-order chi connectivity index (χ0) is 14.5. The summed E-state index contributed by atoms with van der Waals surface area (Å²) in [5.74, 6) is -0.426. The Morgan fingerprint density at radius 1 is 1.42 bits per heavy atom. The molecule has 0 unspecified atom stereocenters. The molecule has 1 aromatic rings. The molecule has 2 amide bonds. The molecular formula is C13H18BrFN2O2. The summed E-state index contributed by atoms with van der Waals surface area (Å²) in [6, 6.07) is 3.77. The molecule has 0 aliphatic carbocycles. The van der Waals surface area contributed by atoms with Gasteiger partial charge in [0, 0.05) is 23.3 Å². The fraction of sp³-hybridized carbons (Fsp3) is 0.462. The molecular weight excluding hydrogens is 315 g/mol. The van der Waals surface area contributed by atoms with Gasteiger partial charge in [-0.1, -0.05) is 29.8 Å². The van der Waals surface area contributed by atoms with Crippen LogP contribution in [0.1, 0.15) is 20.3 Å². The van der Waals surface area contributed by atoms with Crippen LogP contribution in [0.5, 0.6) is 0 Å². The number of rotatable bonds is 5. The van der Waals surface area contributed by atoms with E-state index in [1.807, 2.05) is 13.8 Å². The van der Waals surface area contributed by atoms with E-state index in [0.717, 1.165) is 0 Å². The Kier molecular flexibility index (Phi) is 5.75. The molecule has 3 N–H and O–H groups in total. The lowest BCUT2D eigenvalue weighted by atomic mass is 9.90. The second kappa shape index (κ2) is 6.86. The minimum atomic E-state index is -0.426. The molecule has 0 aromatic heterocycles. The average Bonchev–Trinajstić information content (AvgIpc) is 2.25. The van der Waals surface area contributed by atoms with Gasteiger partial charge in [-0.25, -0.2) is 9.18 Å². The van der Waals surface area contributed by atoms with Crippen LogP contribution >= 0.6 is 15.9 Å². The number of hydrogen-bond donors (Lipinski definition) is 3. The van der Waals surface area contributed by atoms with Gasteiger partial charge in [-0.2, -0.15) is 0 Å². The topological polar surface area (TPSA) is 61.4 Å². The monoisotopic (exact) mass is 332 g/mol. The minimum Gasteiger partial charge on any atom is -0.396 e. The van der Waals surface area contributed by atoms with Crippen LogP contribution < -0.4 is 10.6 Å². The number of amides is 2. The number of hydrogen-bond acceptors (Lipinski definition) is 2. The first-order valence-corrected chi connectivity index (χ1v) is 6.73. The van der Waals surface area contributed by atoms with Crippen LogP contribution in [0.15, 0.2) is 22.7 Å². The molecule has 0 spiro atoms. The molecule has 0 bridgehead atoms. The van der Waals surface area contributed by atoms with E-state index in [0.29, 0.717) is 23.1 Å². The number of anilines is 1. The van der Waals surface area contributed by atoms with Crippen molar-refractivity contribution in [2.24, 2.45) is 5.41 Å². The van der Waals surface area contributed by atoms with Gasteiger partial charge < -0.3 is 15.7 Å². The standard InChI is InChI=1S/C13H18BrFN2O2/c1-13(2,3-4-18)8-16-12(19)17-11-6-9(14)5-10(15)7-11/h5-7,18H,3-4,8H2,1-2H3,(H2,16,17,19). The molecule has 0 saturated carbocycles. The molecule has 1 aromatic carbocycles. The van der Waals surface area contributed by atoms with E-state index in [1.165, 1.54) is 12.1 Å². The highest BCUT2D eigenvalue weighted by Crippen LogP contribution is 2.19. The van der Waals surface area contributed by atoms with Crippen molar-refractivity contribution >= 4 is 27.6 Å². The Morgan fingerprint density at radius 2 is 2.11 bits per heavy atom. The third-order valence-electron chi connectivity index (χ3n) is 2.64. The summed E-state index contributed by atoms with van der Waals surface area (Å²) in [5, 5.41) is 14.1. The Balaban J connectivity index is 2.51. The highest BCUT2D eigenvalue weighted by Gasteiger charge is 2.18. The molecule has 6 heteroatoms. The lowest BCUT2D eigenvalue weighted by Gasteiger charge is -2.23. The normalized spacial score (nSPS) is 11.2. The zero-order valence-electron chi connectivity index (χ0n) is 11.0. The largest absolute Gasteiger partial charge is 0.396 e. The van der Waals surface area contributed by atoms with E-state index >= 15 is 0 Å². The fourth-order valence-electron chi connectivity index (χ4n) is 1.51. The van der Waals surface area contributed by atoms with Crippen molar-refractivity contribution in [3.8, 4) is 0 Å². The van der Waals surface area contributed by atoms with E-state index in [4.69, 9.17) is 5.11 Å². The van der Waals surface area contributed by atoms with Crippen LogP contribution in [-0.4, -0.2) is 24.3 Å². The molecule has 1 rings (SSSR count). The van der Waals surface area contributed by atoms with Crippen LogP contribution in [0.4, 0.5) is 14.9 Å². The van der Waals surface area contributed by atoms with Crippen molar-refractivity contribution in [1.29, 1.82) is 0 Å². The minimum absolute atomic E-state index is 0.0765. The van der Waals surface area contributed by atoms with Crippen LogP contribution in [0, 0.1) is 11.2 Å². The number of benzene rings is 1. The summed E-state index contributed by atoms with van der Waals surface area (Å²) in [6.07, 6.45) is 0.596.